The Morgan fingerprint density at radius 1 is 1.20 bits per heavy atom. The van der Waals surface area contributed by atoms with Crippen LogP contribution in [0.5, 0.6) is 0 Å². The van der Waals surface area contributed by atoms with Gasteiger partial charge in [-0.05, 0) is 12.1 Å². The van der Waals surface area contributed by atoms with Crippen molar-refractivity contribution in [3.8, 4) is 11.4 Å². The first-order valence-corrected chi connectivity index (χ1v) is 7.62. The van der Waals surface area contributed by atoms with Gasteiger partial charge in [0.2, 0.25) is 0 Å². The summed E-state index contributed by atoms with van der Waals surface area (Å²) in [6, 6.07) is 3.06. The van der Waals surface area contributed by atoms with E-state index in [1.165, 1.54) is 26.1 Å². The van der Waals surface area contributed by atoms with Crippen LogP contribution in [0.1, 0.15) is 24.3 Å². The third-order valence-corrected chi connectivity index (χ3v) is 4.47. The molecule has 0 amide bonds. The molecule has 0 atom stereocenters. The standard InChI is InChI=1S/C13H13N3O3S/c1-3-20(18,19)11-7-10(8-16-12(11)9(2)17)13-14-5-4-6-15-13/h4-8H,3H2,1-2H3. The minimum absolute atomic E-state index is 0.0495. The summed E-state index contributed by atoms with van der Waals surface area (Å²) in [6.45, 7) is 2.81. The van der Waals surface area contributed by atoms with Crippen molar-refractivity contribution in [1.82, 2.24) is 15.0 Å². The fraction of sp³-hybridized carbons (Fsp3) is 0.231. The van der Waals surface area contributed by atoms with Crippen LogP contribution in [-0.4, -0.2) is 34.9 Å². The molecule has 6 nitrogen and oxygen atoms in total. The second-order valence-electron chi connectivity index (χ2n) is 4.10. The minimum atomic E-state index is -3.54. The molecule has 2 aromatic heterocycles. The molecule has 20 heavy (non-hydrogen) atoms. The highest BCUT2D eigenvalue weighted by molar-refractivity contribution is 7.91. The molecule has 0 N–H and O–H groups in total. The molecule has 0 aliphatic rings. The first-order valence-electron chi connectivity index (χ1n) is 5.97. The lowest BCUT2D eigenvalue weighted by Gasteiger charge is -2.08. The summed E-state index contributed by atoms with van der Waals surface area (Å²) in [5.74, 6) is -0.131. The maximum absolute atomic E-state index is 12.1. The molecule has 0 unspecified atom stereocenters. The van der Waals surface area contributed by atoms with Crippen LogP contribution in [0, 0.1) is 0 Å². The van der Waals surface area contributed by atoms with E-state index in [0.29, 0.717) is 11.4 Å². The molecule has 104 valence electrons. The zero-order valence-electron chi connectivity index (χ0n) is 11.1. The summed E-state index contributed by atoms with van der Waals surface area (Å²) in [4.78, 5) is 23.5. The number of carbonyl (C=O) groups excluding carboxylic acids is 1. The molecule has 2 aromatic rings. The van der Waals surface area contributed by atoms with Crippen LogP contribution in [0.3, 0.4) is 0 Å². The number of pyridine rings is 1. The number of Topliss-reactive ketones (excluding diaryl/α,β-unsaturated/α-hetero) is 1. The fourth-order valence-corrected chi connectivity index (χ4v) is 2.78. The fourth-order valence-electron chi connectivity index (χ4n) is 1.67. The molecule has 0 saturated carbocycles. The Balaban J connectivity index is 2.67. The maximum atomic E-state index is 12.1. The Labute approximate surface area is 116 Å². The maximum Gasteiger partial charge on any atom is 0.180 e. The SMILES string of the molecule is CCS(=O)(=O)c1cc(-c2ncccn2)cnc1C(C)=O. The van der Waals surface area contributed by atoms with E-state index in [1.807, 2.05) is 0 Å². The third kappa shape index (κ3) is 2.72. The molecular weight excluding hydrogens is 278 g/mol. The molecular formula is C13H13N3O3S. The quantitative estimate of drug-likeness (QED) is 0.794. The zero-order chi connectivity index (χ0) is 14.8. The van der Waals surface area contributed by atoms with Gasteiger partial charge in [-0.1, -0.05) is 6.92 Å². The topological polar surface area (TPSA) is 89.9 Å². The number of ketones is 1. The summed E-state index contributed by atoms with van der Waals surface area (Å²) >= 11 is 0. The minimum Gasteiger partial charge on any atom is -0.293 e. The van der Waals surface area contributed by atoms with Crippen molar-refractivity contribution in [2.75, 3.05) is 5.75 Å². The first-order chi connectivity index (χ1) is 9.45. The molecule has 0 aliphatic heterocycles. The van der Waals surface area contributed by atoms with E-state index in [0.717, 1.165) is 0 Å². The van der Waals surface area contributed by atoms with Gasteiger partial charge in [0, 0.05) is 31.1 Å². The average Bonchev–Trinajstić information content (AvgIpc) is 2.47. The van der Waals surface area contributed by atoms with Gasteiger partial charge in [0.05, 0.1) is 10.6 Å². The highest BCUT2D eigenvalue weighted by atomic mass is 32.2. The predicted molar refractivity (Wildman–Crippen MR) is 73.0 cm³/mol. The van der Waals surface area contributed by atoms with E-state index < -0.39 is 15.6 Å². The van der Waals surface area contributed by atoms with Crippen LogP contribution in [0.25, 0.3) is 11.4 Å². The molecule has 0 bridgehead atoms. The molecule has 0 saturated heterocycles. The van der Waals surface area contributed by atoms with Gasteiger partial charge in [-0.25, -0.2) is 18.4 Å². The molecule has 0 aliphatic carbocycles. The second-order valence-corrected chi connectivity index (χ2v) is 6.35. The first kappa shape index (κ1) is 14.3. The number of hydrogen-bond donors (Lipinski definition) is 0. The Morgan fingerprint density at radius 3 is 2.40 bits per heavy atom. The van der Waals surface area contributed by atoms with Crippen LogP contribution in [0.2, 0.25) is 0 Å². The monoisotopic (exact) mass is 291 g/mol. The van der Waals surface area contributed by atoms with Crippen LogP contribution >= 0.6 is 0 Å². The van der Waals surface area contributed by atoms with Crippen molar-refractivity contribution in [3.63, 3.8) is 0 Å². The van der Waals surface area contributed by atoms with E-state index in [9.17, 15) is 13.2 Å². The predicted octanol–water partition coefficient (Wildman–Crippen LogP) is 1.53. The molecule has 7 heteroatoms. The summed E-state index contributed by atoms with van der Waals surface area (Å²) in [7, 11) is -3.54. The van der Waals surface area contributed by atoms with Crippen molar-refractivity contribution < 1.29 is 13.2 Å². The van der Waals surface area contributed by atoms with Crippen molar-refractivity contribution in [2.45, 2.75) is 18.7 Å². The van der Waals surface area contributed by atoms with Crippen molar-refractivity contribution in [2.24, 2.45) is 0 Å². The highest BCUT2D eigenvalue weighted by Crippen LogP contribution is 2.22. The van der Waals surface area contributed by atoms with Crippen LogP contribution in [-0.2, 0) is 9.84 Å². The summed E-state index contributed by atoms with van der Waals surface area (Å²) in [6.07, 6.45) is 4.51. The molecule has 0 fully saturated rings. The van der Waals surface area contributed by atoms with Gasteiger partial charge in [-0.15, -0.1) is 0 Å². The Morgan fingerprint density at radius 2 is 1.85 bits per heavy atom. The number of hydrogen-bond acceptors (Lipinski definition) is 6. The highest BCUT2D eigenvalue weighted by Gasteiger charge is 2.21. The van der Waals surface area contributed by atoms with Gasteiger partial charge >= 0.3 is 0 Å². The van der Waals surface area contributed by atoms with E-state index in [1.54, 1.807) is 18.5 Å². The van der Waals surface area contributed by atoms with E-state index >= 15 is 0 Å². The lowest BCUT2D eigenvalue weighted by Crippen LogP contribution is -2.12. The smallest absolute Gasteiger partial charge is 0.180 e. The van der Waals surface area contributed by atoms with Gasteiger partial charge in [-0.3, -0.25) is 9.78 Å². The Bertz CT molecular complexity index is 743. The van der Waals surface area contributed by atoms with Crippen LogP contribution in [0.4, 0.5) is 0 Å². The number of carbonyl (C=O) groups is 1. The largest absolute Gasteiger partial charge is 0.293 e. The average molecular weight is 291 g/mol. The van der Waals surface area contributed by atoms with Crippen molar-refractivity contribution >= 4 is 15.6 Å². The van der Waals surface area contributed by atoms with Crippen LogP contribution < -0.4 is 0 Å². The summed E-state index contributed by atoms with van der Waals surface area (Å²) in [5.41, 5.74) is 0.411. The third-order valence-electron chi connectivity index (χ3n) is 2.73. The van der Waals surface area contributed by atoms with Gasteiger partial charge in [0.1, 0.15) is 5.69 Å². The van der Waals surface area contributed by atoms with Gasteiger partial charge in [0.15, 0.2) is 21.4 Å². The molecule has 2 heterocycles. The summed E-state index contributed by atoms with van der Waals surface area (Å²) in [5, 5.41) is 0. The van der Waals surface area contributed by atoms with Crippen molar-refractivity contribution in [3.05, 3.63) is 36.4 Å². The van der Waals surface area contributed by atoms with E-state index in [4.69, 9.17) is 0 Å². The molecule has 2 rings (SSSR count). The molecule has 0 spiro atoms. The Hall–Kier alpha value is -2.15. The summed E-state index contributed by atoms with van der Waals surface area (Å²) < 4.78 is 24.2. The lowest BCUT2D eigenvalue weighted by atomic mass is 10.2. The number of nitrogens with zero attached hydrogens (tertiary/aromatic N) is 3. The van der Waals surface area contributed by atoms with E-state index in [2.05, 4.69) is 15.0 Å². The number of aromatic nitrogens is 3. The molecule has 0 aromatic carbocycles. The van der Waals surface area contributed by atoms with Crippen molar-refractivity contribution in [1.29, 1.82) is 0 Å². The van der Waals surface area contributed by atoms with E-state index in [-0.39, 0.29) is 16.3 Å². The molecule has 0 radical (unpaired) electrons. The second kappa shape index (κ2) is 5.46. The number of sulfone groups is 1. The zero-order valence-corrected chi connectivity index (χ0v) is 11.9. The van der Waals surface area contributed by atoms with Gasteiger partial charge in [0.25, 0.3) is 0 Å². The van der Waals surface area contributed by atoms with Gasteiger partial charge < -0.3 is 0 Å². The van der Waals surface area contributed by atoms with Crippen LogP contribution in [0.15, 0.2) is 35.6 Å². The normalized spacial score (nSPS) is 11.3. The lowest BCUT2D eigenvalue weighted by molar-refractivity contribution is 0.100. The Kier molecular flexibility index (Phi) is 3.89. The van der Waals surface area contributed by atoms with Gasteiger partial charge in [-0.2, -0.15) is 0 Å². The number of rotatable bonds is 4.